The Bertz CT molecular complexity index is 694. The summed E-state index contributed by atoms with van der Waals surface area (Å²) in [7, 11) is 0. The van der Waals surface area contributed by atoms with Gasteiger partial charge in [0.1, 0.15) is 0 Å². The molecular weight excluding hydrogens is 329 g/mol. The SMILES string of the molecule is O=C(NCc1ccc(Cl)c(Cl)c1)C1(c2ccccc2)CCCC1. The summed E-state index contributed by atoms with van der Waals surface area (Å²) in [5.41, 5.74) is 1.68. The van der Waals surface area contributed by atoms with Crippen molar-refractivity contribution in [3.8, 4) is 0 Å². The highest BCUT2D eigenvalue weighted by Gasteiger charge is 2.42. The molecule has 0 atom stereocenters. The molecule has 3 rings (SSSR count). The number of rotatable bonds is 4. The Kier molecular flexibility index (Phi) is 4.93. The van der Waals surface area contributed by atoms with Crippen molar-refractivity contribution < 1.29 is 4.79 Å². The third-order valence-corrected chi connectivity index (χ3v) is 5.39. The minimum absolute atomic E-state index is 0.104. The molecular formula is C19H19Cl2NO. The van der Waals surface area contributed by atoms with Gasteiger partial charge in [-0.25, -0.2) is 0 Å². The highest BCUT2D eigenvalue weighted by molar-refractivity contribution is 6.42. The van der Waals surface area contributed by atoms with Crippen LogP contribution < -0.4 is 5.32 Å². The van der Waals surface area contributed by atoms with E-state index in [1.54, 1.807) is 12.1 Å². The van der Waals surface area contributed by atoms with E-state index < -0.39 is 5.41 Å². The Balaban J connectivity index is 1.76. The first-order valence-electron chi connectivity index (χ1n) is 7.90. The molecule has 2 aromatic rings. The van der Waals surface area contributed by atoms with Gasteiger partial charge in [-0.1, -0.05) is 72.4 Å². The normalized spacial score (nSPS) is 16.3. The predicted octanol–water partition coefficient (Wildman–Crippen LogP) is 5.12. The Labute approximate surface area is 146 Å². The largest absolute Gasteiger partial charge is 0.351 e. The Morgan fingerprint density at radius 3 is 2.35 bits per heavy atom. The molecule has 1 aliphatic carbocycles. The predicted molar refractivity (Wildman–Crippen MR) is 94.9 cm³/mol. The van der Waals surface area contributed by atoms with E-state index in [1.165, 1.54) is 0 Å². The van der Waals surface area contributed by atoms with Gasteiger partial charge in [-0.05, 0) is 36.1 Å². The minimum atomic E-state index is -0.391. The van der Waals surface area contributed by atoms with E-state index in [0.717, 1.165) is 36.8 Å². The van der Waals surface area contributed by atoms with Gasteiger partial charge < -0.3 is 5.32 Å². The third-order valence-electron chi connectivity index (χ3n) is 4.66. The second kappa shape index (κ2) is 6.94. The maximum absolute atomic E-state index is 12.9. The number of benzene rings is 2. The van der Waals surface area contributed by atoms with Crippen LogP contribution >= 0.6 is 23.2 Å². The number of amides is 1. The number of carbonyl (C=O) groups excluding carboxylic acids is 1. The van der Waals surface area contributed by atoms with Crippen molar-refractivity contribution in [3.63, 3.8) is 0 Å². The zero-order valence-corrected chi connectivity index (χ0v) is 14.3. The summed E-state index contributed by atoms with van der Waals surface area (Å²) >= 11 is 12.0. The Hall–Kier alpha value is -1.51. The smallest absolute Gasteiger partial charge is 0.230 e. The first kappa shape index (κ1) is 16.4. The topological polar surface area (TPSA) is 29.1 Å². The molecule has 1 fully saturated rings. The van der Waals surface area contributed by atoms with Crippen molar-refractivity contribution in [3.05, 3.63) is 69.7 Å². The van der Waals surface area contributed by atoms with Crippen LogP contribution in [0.5, 0.6) is 0 Å². The highest BCUT2D eigenvalue weighted by Crippen LogP contribution is 2.41. The molecule has 0 unspecified atom stereocenters. The average molecular weight is 348 g/mol. The van der Waals surface area contributed by atoms with Gasteiger partial charge in [-0.15, -0.1) is 0 Å². The van der Waals surface area contributed by atoms with Crippen molar-refractivity contribution in [2.75, 3.05) is 0 Å². The van der Waals surface area contributed by atoms with Gasteiger partial charge in [0.2, 0.25) is 5.91 Å². The highest BCUT2D eigenvalue weighted by atomic mass is 35.5. The number of hydrogen-bond donors (Lipinski definition) is 1. The first-order valence-corrected chi connectivity index (χ1v) is 8.65. The second-order valence-electron chi connectivity index (χ2n) is 6.09. The fourth-order valence-corrected chi connectivity index (χ4v) is 3.70. The summed E-state index contributed by atoms with van der Waals surface area (Å²) in [5, 5.41) is 4.12. The molecule has 4 heteroatoms. The standard InChI is InChI=1S/C19H19Cl2NO/c20-16-9-8-14(12-17(16)21)13-22-18(23)19(10-4-5-11-19)15-6-2-1-3-7-15/h1-3,6-9,12H,4-5,10-11,13H2,(H,22,23). The summed E-state index contributed by atoms with van der Waals surface area (Å²) in [6, 6.07) is 15.6. The lowest BCUT2D eigenvalue weighted by Crippen LogP contribution is -2.42. The van der Waals surface area contributed by atoms with Gasteiger partial charge in [0.25, 0.3) is 0 Å². The zero-order chi connectivity index (χ0) is 16.3. The van der Waals surface area contributed by atoms with Crippen molar-refractivity contribution >= 4 is 29.1 Å². The summed E-state index contributed by atoms with van der Waals surface area (Å²) in [6.45, 7) is 0.463. The lowest BCUT2D eigenvalue weighted by Gasteiger charge is -2.28. The van der Waals surface area contributed by atoms with E-state index in [2.05, 4.69) is 17.4 Å². The molecule has 1 aliphatic rings. The van der Waals surface area contributed by atoms with Gasteiger partial charge in [0.05, 0.1) is 15.5 Å². The molecule has 1 amide bonds. The lowest BCUT2D eigenvalue weighted by atomic mass is 9.78. The maximum Gasteiger partial charge on any atom is 0.230 e. The van der Waals surface area contributed by atoms with E-state index in [9.17, 15) is 4.79 Å². The molecule has 0 bridgehead atoms. The van der Waals surface area contributed by atoms with Crippen LogP contribution in [-0.4, -0.2) is 5.91 Å². The molecule has 0 aromatic heterocycles. The molecule has 1 N–H and O–H groups in total. The van der Waals surface area contributed by atoms with E-state index in [1.807, 2.05) is 24.3 Å². The molecule has 120 valence electrons. The molecule has 0 spiro atoms. The molecule has 0 radical (unpaired) electrons. The monoisotopic (exact) mass is 347 g/mol. The van der Waals surface area contributed by atoms with Crippen molar-refractivity contribution in [2.24, 2.45) is 0 Å². The van der Waals surface area contributed by atoms with Crippen LogP contribution in [0, 0.1) is 0 Å². The van der Waals surface area contributed by atoms with Crippen molar-refractivity contribution in [1.29, 1.82) is 0 Å². The number of carbonyl (C=O) groups is 1. The van der Waals surface area contributed by atoms with Crippen LogP contribution in [0.25, 0.3) is 0 Å². The molecule has 23 heavy (non-hydrogen) atoms. The maximum atomic E-state index is 12.9. The minimum Gasteiger partial charge on any atom is -0.351 e. The Morgan fingerprint density at radius 2 is 1.70 bits per heavy atom. The number of halogens is 2. The van der Waals surface area contributed by atoms with E-state index >= 15 is 0 Å². The molecule has 0 saturated heterocycles. The van der Waals surface area contributed by atoms with Crippen LogP contribution in [0.4, 0.5) is 0 Å². The summed E-state index contributed by atoms with van der Waals surface area (Å²) in [6.07, 6.45) is 4.00. The second-order valence-corrected chi connectivity index (χ2v) is 6.90. The summed E-state index contributed by atoms with van der Waals surface area (Å²) < 4.78 is 0. The van der Waals surface area contributed by atoms with Crippen molar-refractivity contribution in [2.45, 2.75) is 37.6 Å². The molecule has 2 aromatic carbocycles. The zero-order valence-electron chi connectivity index (χ0n) is 12.8. The van der Waals surface area contributed by atoms with Gasteiger partial charge in [0, 0.05) is 6.54 Å². The number of hydrogen-bond acceptors (Lipinski definition) is 1. The average Bonchev–Trinajstić information content (AvgIpc) is 3.07. The lowest BCUT2D eigenvalue weighted by molar-refractivity contribution is -0.126. The first-order chi connectivity index (χ1) is 11.1. The fraction of sp³-hybridized carbons (Fsp3) is 0.316. The van der Waals surface area contributed by atoms with Gasteiger partial charge >= 0.3 is 0 Å². The molecule has 0 heterocycles. The molecule has 2 nitrogen and oxygen atoms in total. The number of nitrogens with one attached hydrogen (secondary N) is 1. The van der Waals surface area contributed by atoms with E-state index in [0.29, 0.717) is 16.6 Å². The van der Waals surface area contributed by atoms with Gasteiger partial charge in [-0.3, -0.25) is 4.79 Å². The van der Waals surface area contributed by atoms with Gasteiger partial charge in [0.15, 0.2) is 0 Å². The van der Waals surface area contributed by atoms with E-state index in [4.69, 9.17) is 23.2 Å². The van der Waals surface area contributed by atoms with Crippen LogP contribution in [0.15, 0.2) is 48.5 Å². The summed E-state index contributed by atoms with van der Waals surface area (Å²) in [4.78, 5) is 12.9. The van der Waals surface area contributed by atoms with E-state index in [-0.39, 0.29) is 5.91 Å². The third kappa shape index (κ3) is 3.39. The van der Waals surface area contributed by atoms with Crippen LogP contribution in [0.1, 0.15) is 36.8 Å². The molecule has 0 aliphatic heterocycles. The van der Waals surface area contributed by atoms with Crippen molar-refractivity contribution in [1.82, 2.24) is 5.32 Å². The fourth-order valence-electron chi connectivity index (χ4n) is 3.38. The van der Waals surface area contributed by atoms with Gasteiger partial charge in [-0.2, -0.15) is 0 Å². The van der Waals surface area contributed by atoms with Crippen LogP contribution in [-0.2, 0) is 16.8 Å². The summed E-state index contributed by atoms with van der Waals surface area (Å²) in [5.74, 6) is 0.104. The quantitative estimate of drug-likeness (QED) is 0.816. The molecule has 1 saturated carbocycles. The Morgan fingerprint density at radius 1 is 1.00 bits per heavy atom. The van der Waals surface area contributed by atoms with Crippen LogP contribution in [0.2, 0.25) is 10.0 Å². The van der Waals surface area contributed by atoms with Crippen LogP contribution in [0.3, 0.4) is 0 Å².